The molecule has 0 amide bonds. The Balaban J connectivity index is 2.68. The van der Waals surface area contributed by atoms with E-state index in [1.165, 1.54) is 13.0 Å². The van der Waals surface area contributed by atoms with E-state index in [9.17, 15) is 9.59 Å². The van der Waals surface area contributed by atoms with Gasteiger partial charge in [-0.2, -0.15) is 0 Å². The van der Waals surface area contributed by atoms with Crippen molar-refractivity contribution in [1.82, 2.24) is 4.73 Å². The van der Waals surface area contributed by atoms with E-state index in [-0.39, 0.29) is 0 Å². The minimum atomic E-state index is -0.546. The zero-order valence-electron chi connectivity index (χ0n) is 9.47. The number of fused-ring (bicyclic) bond motifs is 1. The predicted molar refractivity (Wildman–Crippen MR) is 62.0 cm³/mol. The first-order valence-electron chi connectivity index (χ1n) is 5.00. The van der Waals surface area contributed by atoms with Crippen LogP contribution in [0.4, 0.5) is 0 Å². The summed E-state index contributed by atoms with van der Waals surface area (Å²) in [5.41, 5.74) is 0.131. The molecule has 1 aromatic carbocycles. The van der Waals surface area contributed by atoms with Gasteiger partial charge in [-0.3, -0.25) is 4.79 Å². The first-order valence-corrected chi connectivity index (χ1v) is 5.00. The number of methoxy groups -OCH3 is 1. The lowest BCUT2D eigenvalue weighted by Crippen LogP contribution is -2.29. The average Bonchev–Trinajstić information content (AvgIpc) is 2.32. The molecule has 1 aromatic heterocycles. The first kappa shape index (κ1) is 11.2. The molecule has 0 aliphatic carbocycles. The molecule has 0 aliphatic rings. The van der Waals surface area contributed by atoms with Gasteiger partial charge in [0.2, 0.25) is 0 Å². The monoisotopic (exact) mass is 233 g/mol. The third kappa shape index (κ3) is 2.13. The Kier molecular flexibility index (Phi) is 2.82. The highest BCUT2D eigenvalue weighted by molar-refractivity contribution is 5.81. The van der Waals surface area contributed by atoms with Crippen molar-refractivity contribution in [2.45, 2.75) is 6.92 Å². The van der Waals surface area contributed by atoms with Crippen LogP contribution in [0.5, 0.6) is 5.75 Å². The highest BCUT2D eigenvalue weighted by Crippen LogP contribution is 2.18. The van der Waals surface area contributed by atoms with E-state index in [1.807, 2.05) is 0 Å². The van der Waals surface area contributed by atoms with Gasteiger partial charge in [0.05, 0.1) is 12.6 Å². The fraction of sp³-hybridized carbons (Fsp3) is 0.167. The molecule has 5 heteroatoms. The zero-order valence-corrected chi connectivity index (χ0v) is 9.47. The molecule has 0 fully saturated rings. The molecule has 88 valence electrons. The van der Waals surface area contributed by atoms with Crippen LogP contribution in [-0.2, 0) is 4.79 Å². The maximum Gasteiger partial charge on any atom is 0.330 e. The first-order chi connectivity index (χ1) is 8.11. The van der Waals surface area contributed by atoms with Crippen LogP contribution in [0.1, 0.15) is 6.92 Å². The molecular weight excluding hydrogens is 222 g/mol. The predicted octanol–water partition coefficient (Wildman–Crippen LogP) is 0.985. The number of carbonyl (C=O) groups excluding carboxylic acids is 1. The molecule has 1 heterocycles. The van der Waals surface area contributed by atoms with E-state index >= 15 is 0 Å². The van der Waals surface area contributed by atoms with Gasteiger partial charge in [-0.15, -0.1) is 4.73 Å². The minimum absolute atomic E-state index is 0.391. The van der Waals surface area contributed by atoms with Crippen LogP contribution in [0.2, 0.25) is 0 Å². The topological polar surface area (TPSA) is 57.5 Å². The Morgan fingerprint density at radius 3 is 2.65 bits per heavy atom. The van der Waals surface area contributed by atoms with Gasteiger partial charge >= 0.3 is 5.97 Å². The summed E-state index contributed by atoms with van der Waals surface area (Å²) < 4.78 is 6.05. The number of aromatic nitrogens is 1. The van der Waals surface area contributed by atoms with Crippen molar-refractivity contribution in [3.05, 3.63) is 40.7 Å². The van der Waals surface area contributed by atoms with Crippen molar-refractivity contribution >= 4 is 16.9 Å². The average molecular weight is 233 g/mol. The maximum atomic E-state index is 11.6. The largest absolute Gasteiger partial charge is 0.497 e. The molecule has 0 saturated carbocycles. The molecule has 0 bridgehead atoms. The summed E-state index contributed by atoms with van der Waals surface area (Å²) in [6.07, 6.45) is 0. The van der Waals surface area contributed by atoms with Crippen molar-refractivity contribution < 1.29 is 14.4 Å². The Morgan fingerprint density at radius 1 is 1.24 bits per heavy atom. The molecule has 0 N–H and O–H groups in total. The van der Waals surface area contributed by atoms with Gasteiger partial charge in [0.15, 0.2) is 0 Å². The third-order valence-electron chi connectivity index (χ3n) is 2.28. The second-order valence-electron chi connectivity index (χ2n) is 3.47. The number of rotatable bonds is 2. The normalized spacial score (nSPS) is 10.2. The standard InChI is InChI=1S/C12H11NO4/c1-8(14)17-13-11-5-4-10(16-2)7-9(11)3-6-12(13)15/h3-7H,1-2H3. The molecule has 0 saturated heterocycles. The number of hydrogen-bond acceptors (Lipinski definition) is 4. The smallest absolute Gasteiger partial charge is 0.330 e. The summed E-state index contributed by atoms with van der Waals surface area (Å²) in [5, 5.41) is 0.755. The van der Waals surface area contributed by atoms with Gasteiger partial charge < -0.3 is 9.57 Å². The van der Waals surface area contributed by atoms with Gasteiger partial charge in [0, 0.05) is 18.4 Å². The summed E-state index contributed by atoms with van der Waals surface area (Å²) in [7, 11) is 1.56. The van der Waals surface area contributed by atoms with Crippen molar-refractivity contribution in [2.24, 2.45) is 0 Å². The molecule has 0 radical (unpaired) electrons. The van der Waals surface area contributed by atoms with Gasteiger partial charge in [-0.05, 0) is 24.3 Å². The van der Waals surface area contributed by atoms with Crippen molar-refractivity contribution in [3.63, 3.8) is 0 Å². The Hall–Kier alpha value is -2.30. The minimum Gasteiger partial charge on any atom is -0.497 e. The molecule has 2 rings (SSSR count). The van der Waals surface area contributed by atoms with E-state index < -0.39 is 11.5 Å². The summed E-state index contributed by atoms with van der Waals surface area (Å²) in [4.78, 5) is 27.4. The Bertz CT molecular complexity index is 630. The van der Waals surface area contributed by atoms with Gasteiger partial charge in [-0.1, -0.05) is 0 Å². The van der Waals surface area contributed by atoms with Crippen LogP contribution in [0, 0.1) is 0 Å². The number of pyridine rings is 1. The van der Waals surface area contributed by atoms with Gasteiger partial charge in [-0.25, -0.2) is 4.79 Å². The van der Waals surface area contributed by atoms with E-state index in [0.29, 0.717) is 11.3 Å². The lowest BCUT2D eigenvalue weighted by Gasteiger charge is -2.09. The van der Waals surface area contributed by atoms with Crippen LogP contribution in [0.3, 0.4) is 0 Å². The van der Waals surface area contributed by atoms with E-state index in [2.05, 4.69) is 0 Å². The molecule has 2 aromatic rings. The van der Waals surface area contributed by atoms with Crippen LogP contribution in [0.15, 0.2) is 35.1 Å². The number of hydrogen-bond donors (Lipinski definition) is 0. The van der Waals surface area contributed by atoms with Crippen LogP contribution >= 0.6 is 0 Å². The quantitative estimate of drug-likeness (QED) is 0.776. The summed E-state index contributed by atoms with van der Waals surface area (Å²) in [6, 6.07) is 8.11. The number of ether oxygens (including phenoxy) is 1. The number of nitrogens with zero attached hydrogens (tertiary/aromatic N) is 1. The van der Waals surface area contributed by atoms with E-state index in [0.717, 1.165) is 10.1 Å². The highest BCUT2D eigenvalue weighted by Gasteiger charge is 2.06. The van der Waals surface area contributed by atoms with E-state index in [1.54, 1.807) is 31.4 Å². The summed E-state index contributed by atoms with van der Waals surface area (Å²) in [5.74, 6) is 0.126. The van der Waals surface area contributed by atoms with Crippen LogP contribution in [0.25, 0.3) is 10.9 Å². The molecule has 0 atom stereocenters. The molecule has 0 aliphatic heterocycles. The van der Waals surface area contributed by atoms with Crippen LogP contribution in [-0.4, -0.2) is 17.8 Å². The molecule has 0 spiro atoms. The Morgan fingerprint density at radius 2 is 2.00 bits per heavy atom. The maximum absolute atomic E-state index is 11.6. The van der Waals surface area contributed by atoms with E-state index in [4.69, 9.17) is 9.57 Å². The zero-order chi connectivity index (χ0) is 12.4. The number of carbonyl (C=O) groups is 1. The molecule has 17 heavy (non-hydrogen) atoms. The van der Waals surface area contributed by atoms with Gasteiger partial charge in [0.25, 0.3) is 5.56 Å². The Labute approximate surface area is 97.1 Å². The second-order valence-corrected chi connectivity index (χ2v) is 3.47. The van der Waals surface area contributed by atoms with Crippen LogP contribution < -0.4 is 15.1 Å². The molecule has 0 unspecified atom stereocenters. The molecule has 5 nitrogen and oxygen atoms in total. The fourth-order valence-electron chi connectivity index (χ4n) is 1.55. The van der Waals surface area contributed by atoms with Crippen molar-refractivity contribution in [3.8, 4) is 5.75 Å². The summed E-state index contributed by atoms with van der Waals surface area (Å²) in [6.45, 7) is 1.24. The third-order valence-corrected chi connectivity index (χ3v) is 2.28. The fourth-order valence-corrected chi connectivity index (χ4v) is 1.55. The second kappa shape index (κ2) is 4.29. The summed E-state index contributed by atoms with van der Waals surface area (Å²) >= 11 is 0. The van der Waals surface area contributed by atoms with Crippen molar-refractivity contribution in [2.75, 3.05) is 7.11 Å². The lowest BCUT2D eigenvalue weighted by atomic mass is 10.2. The number of benzene rings is 1. The molecular formula is C12H11NO4. The SMILES string of the molecule is COc1ccc2c(ccc(=O)n2OC(C)=O)c1. The lowest BCUT2D eigenvalue weighted by molar-refractivity contribution is -0.141. The van der Waals surface area contributed by atoms with Crippen molar-refractivity contribution in [1.29, 1.82) is 0 Å². The highest BCUT2D eigenvalue weighted by atomic mass is 16.7. The van der Waals surface area contributed by atoms with Gasteiger partial charge in [0.1, 0.15) is 5.75 Å².